The first-order valence-electron chi connectivity index (χ1n) is 8.65. The van der Waals surface area contributed by atoms with Gasteiger partial charge in [0.25, 0.3) is 5.91 Å². The van der Waals surface area contributed by atoms with Crippen molar-refractivity contribution in [2.24, 2.45) is 0 Å². The maximum absolute atomic E-state index is 12.4. The van der Waals surface area contributed by atoms with E-state index in [1.807, 2.05) is 36.5 Å². The highest BCUT2D eigenvalue weighted by Crippen LogP contribution is 2.39. The number of carbonyl (C=O) groups is 1. The summed E-state index contributed by atoms with van der Waals surface area (Å²) < 4.78 is 9.72. The van der Waals surface area contributed by atoms with Gasteiger partial charge in [-0.2, -0.15) is 0 Å². The molecule has 0 atom stereocenters. The summed E-state index contributed by atoms with van der Waals surface area (Å²) in [4.78, 5) is 17.8. The van der Waals surface area contributed by atoms with Gasteiger partial charge < -0.3 is 15.4 Å². The summed E-state index contributed by atoms with van der Waals surface area (Å²) in [7, 11) is 0. The fourth-order valence-electron chi connectivity index (χ4n) is 3.45. The molecule has 4 heterocycles. The molecule has 0 saturated heterocycles. The third-order valence-electron chi connectivity index (χ3n) is 4.80. The summed E-state index contributed by atoms with van der Waals surface area (Å²) in [5.41, 5.74) is 6.43. The number of amides is 1. The van der Waals surface area contributed by atoms with Crippen molar-refractivity contribution in [2.45, 2.75) is 6.92 Å². The van der Waals surface area contributed by atoms with Crippen LogP contribution in [0, 0.1) is 6.92 Å². The van der Waals surface area contributed by atoms with E-state index < -0.39 is 0 Å². The number of hydrogen-bond acceptors (Lipinski definition) is 6. The van der Waals surface area contributed by atoms with Crippen molar-refractivity contribution >= 4 is 40.5 Å². The molecule has 134 valence electrons. The Bertz CT molecular complexity index is 1090. The Kier molecular flexibility index (Phi) is 3.68. The number of rotatable bonds is 2. The molecule has 2 N–H and O–H groups in total. The van der Waals surface area contributed by atoms with Gasteiger partial charge in [0.2, 0.25) is 5.88 Å². The average molecular weight is 376 g/mol. The molecular weight excluding hydrogens is 360 g/mol. The smallest absolute Gasteiger partial charge is 0.256 e. The topological polar surface area (TPSA) is 76.1 Å². The summed E-state index contributed by atoms with van der Waals surface area (Å²) in [5, 5.41) is 6.30. The molecule has 6 nitrogen and oxygen atoms in total. The van der Waals surface area contributed by atoms with E-state index in [0.29, 0.717) is 18.1 Å². The second-order valence-corrected chi connectivity index (χ2v) is 7.30. The van der Waals surface area contributed by atoms with Crippen LogP contribution in [0.25, 0.3) is 22.8 Å². The summed E-state index contributed by atoms with van der Waals surface area (Å²) in [6.45, 7) is 3.45. The van der Waals surface area contributed by atoms with Crippen molar-refractivity contribution < 1.29 is 9.53 Å². The molecule has 3 aromatic rings. The molecule has 0 unspecified atom stereocenters. The maximum Gasteiger partial charge on any atom is 0.256 e. The number of nitrogens with one attached hydrogen (secondary N) is 2. The van der Waals surface area contributed by atoms with Crippen molar-refractivity contribution in [1.82, 2.24) is 9.36 Å². The molecule has 1 aromatic carbocycles. The van der Waals surface area contributed by atoms with Crippen LogP contribution in [-0.2, 0) is 4.79 Å². The van der Waals surface area contributed by atoms with Crippen molar-refractivity contribution in [2.75, 3.05) is 23.8 Å². The quantitative estimate of drug-likeness (QED) is 0.665. The first-order chi connectivity index (χ1) is 13.2. The first-order valence-corrected chi connectivity index (χ1v) is 9.43. The predicted octanol–water partition coefficient (Wildman–Crippen LogP) is 3.81. The van der Waals surface area contributed by atoms with Gasteiger partial charge in [-0.25, -0.2) is 9.36 Å². The van der Waals surface area contributed by atoms with Crippen molar-refractivity contribution in [3.63, 3.8) is 0 Å². The molecule has 0 radical (unpaired) electrons. The van der Waals surface area contributed by atoms with E-state index in [1.165, 1.54) is 11.5 Å². The fourth-order valence-corrected chi connectivity index (χ4v) is 3.99. The zero-order chi connectivity index (χ0) is 18.4. The fraction of sp³-hybridized carbons (Fsp3) is 0.150. The minimum absolute atomic E-state index is 0.0918. The third kappa shape index (κ3) is 2.67. The summed E-state index contributed by atoms with van der Waals surface area (Å²) >= 11 is 1.37. The molecule has 0 bridgehead atoms. The number of carbonyl (C=O) groups excluding carboxylic acids is 1. The zero-order valence-electron chi connectivity index (χ0n) is 14.6. The SMILES string of the molecule is Cc1c(-c2ccc3c(c2)/C(=C/c2ccns2)C(=O)N3)cnc2c1NCCO2. The van der Waals surface area contributed by atoms with Crippen LogP contribution < -0.4 is 15.4 Å². The van der Waals surface area contributed by atoms with Gasteiger partial charge in [0, 0.05) is 40.6 Å². The molecule has 0 fully saturated rings. The Hall–Kier alpha value is -3.19. The van der Waals surface area contributed by atoms with Gasteiger partial charge in [0.05, 0.1) is 5.57 Å². The van der Waals surface area contributed by atoms with Gasteiger partial charge in [0.15, 0.2) is 0 Å². The van der Waals surface area contributed by atoms with Crippen LogP contribution in [0.5, 0.6) is 5.88 Å². The lowest BCUT2D eigenvalue weighted by atomic mass is 9.97. The van der Waals surface area contributed by atoms with Crippen LogP contribution in [-0.4, -0.2) is 28.4 Å². The lowest BCUT2D eigenvalue weighted by Crippen LogP contribution is -2.20. The van der Waals surface area contributed by atoms with Gasteiger partial charge in [0.1, 0.15) is 12.3 Å². The van der Waals surface area contributed by atoms with Gasteiger partial charge in [-0.15, -0.1) is 0 Å². The van der Waals surface area contributed by atoms with E-state index in [-0.39, 0.29) is 5.91 Å². The number of nitrogens with zero attached hydrogens (tertiary/aromatic N) is 2. The van der Waals surface area contributed by atoms with Gasteiger partial charge in [-0.1, -0.05) is 6.07 Å². The maximum atomic E-state index is 12.4. The molecule has 0 aliphatic carbocycles. The van der Waals surface area contributed by atoms with Crippen LogP contribution in [0.2, 0.25) is 0 Å². The number of aromatic nitrogens is 2. The van der Waals surface area contributed by atoms with Gasteiger partial charge in [-0.3, -0.25) is 4.79 Å². The van der Waals surface area contributed by atoms with Crippen molar-refractivity contribution in [1.29, 1.82) is 0 Å². The lowest BCUT2D eigenvalue weighted by Gasteiger charge is -2.21. The summed E-state index contributed by atoms with van der Waals surface area (Å²) in [6.07, 6.45) is 5.45. The molecule has 27 heavy (non-hydrogen) atoms. The monoisotopic (exact) mass is 376 g/mol. The molecule has 5 rings (SSSR count). The van der Waals surface area contributed by atoms with E-state index in [0.717, 1.165) is 45.1 Å². The third-order valence-corrected chi connectivity index (χ3v) is 5.50. The number of hydrogen-bond donors (Lipinski definition) is 2. The van der Waals surface area contributed by atoms with Crippen molar-refractivity contribution in [3.05, 3.63) is 52.7 Å². The Morgan fingerprint density at radius 1 is 1.26 bits per heavy atom. The van der Waals surface area contributed by atoms with E-state index in [1.54, 1.807) is 6.20 Å². The summed E-state index contributed by atoms with van der Waals surface area (Å²) in [6, 6.07) is 7.89. The first kappa shape index (κ1) is 16.0. The Balaban J connectivity index is 1.61. The van der Waals surface area contributed by atoms with Crippen LogP contribution >= 0.6 is 11.5 Å². The molecule has 7 heteroatoms. The lowest BCUT2D eigenvalue weighted by molar-refractivity contribution is -0.110. The van der Waals surface area contributed by atoms with Crippen LogP contribution in [0.3, 0.4) is 0 Å². The number of anilines is 2. The van der Waals surface area contributed by atoms with Crippen LogP contribution in [0.4, 0.5) is 11.4 Å². The molecule has 2 aliphatic heterocycles. The summed E-state index contributed by atoms with van der Waals surface area (Å²) in [5.74, 6) is 0.553. The molecule has 0 saturated carbocycles. The highest BCUT2D eigenvalue weighted by molar-refractivity contribution is 7.06. The van der Waals surface area contributed by atoms with Crippen LogP contribution in [0.1, 0.15) is 16.0 Å². The van der Waals surface area contributed by atoms with Crippen molar-refractivity contribution in [3.8, 4) is 17.0 Å². The molecular formula is C20H16N4O2S. The highest BCUT2D eigenvalue weighted by atomic mass is 32.1. The number of ether oxygens (including phenoxy) is 1. The molecule has 0 spiro atoms. The van der Waals surface area contributed by atoms with Gasteiger partial charge >= 0.3 is 0 Å². The molecule has 2 aromatic heterocycles. The minimum atomic E-state index is -0.0918. The largest absolute Gasteiger partial charge is 0.474 e. The molecule has 1 amide bonds. The number of benzene rings is 1. The second-order valence-electron chi connectivity index (χ2n) is 6.44. The Labute approximate surface area is 160 Å². The van der Waals surface area contributed by atoms with E-state index >= 15 is 0 Å². The minimum Gasteiger partial charge on any atom is -0.474 e. The average Bonchev–Trinajstić information content (AvgIpc) is 3.31. The molecule has 2 aliphatic rings. The van der Waals surface area contributed by atoms with E-state index in [4.69, 9.17) is 4.74 Å². The normalized spacial score (nSPS) is 16.3. The zero-order valence-corrected chi connectivity index (χ0v) is 15.4. The Morgan fingerprint density at radius 3 is 3.04 bits per heavy atom. The standard InChI is InChI=1S/C20H16N4O2S/c1-11-16(10-22-20-18(11)21-6-7-26-20)12-2-3-17-14(8-12)15(19(25)24-17)9-13-4-5-23-27-13/h2-5,8-10,21H,6-7H2,1H3,(H,24,25)/b15-9-. The Morgan fingerprint density at radius 2 is 2.19 bits per heavy atom. The van der Waals surface area contributed by atoms with E-state index in [2.05, 4.69) is 26.9 Å². The number of pyridine rings is 1. The number of fused-ring (bicyclic) bond motifs is 2. The van der Waals surface area contributed by atoms with Crippen LogP contribution in [0.15, 0.2) is 36.7 Å². The van der Waals surface area contributed by atoms with E-state index in [9.17, 15) is 4.79 Å². The predicted molar refractivity (Wildman–Crippen MR) is 107 cm³/mol. The second kappa shape index (κ2) is 6.21. The van der Waals surface area contributed by atoms with Gasteiger partial charge in [-0.05, 0) is 53.9 Å². The highest BCUT2D eigenvalue weighted by Gasteiger charge is 2.25.